The first-order valence-electron chi connectivity index (χ1n) is 6.36. The molecule has 1 rings (SSSR count). The third-order valence-electron chi connectivity index (χ3n) is 3.42. The summed E-state index contributed by atoms with van der Waals surface area (Å²) in [7, 11) is 1.75. The Labute approximate surface area is 98.8 Å². The molecular formula is C12H26N2O2. The van der Waals surface area contributed by atoms with E-state index < -0.39 is 0 Å². The van der Waals surface area contributed by atoms with E-state index in [0.717, 1.165) is 32.3 Å². The Morgan fingerprint density at radius 1 is 1.44 bits per heavy atom. The Morgan fingerprint density at radius 3 is 2.81 bits per heavy atom. The van der Waals surface area contributed by atoms with Gasteiger partial charge in [0.2, 0.25) is 0 Å². The molecule has 3 N–H and O–H groups in total. The summed E-state index contributed by atoms with van der Waals surface area (Å²) in [6.07, 6.45) is 7.55. The van der Waals surface area contributed by atoms with Gasteiger partial charge in [0.1, 0.15) is 0 Å². The van der Waals surface area contributed by atoms with Gasteiger partial charge < -0.3 is 9.47 Å². The van der Waals surface area contributed by atoms with E-state index in [1.165, 1.54) is 12.8 Å². The predicted octanol–water partition coefficient (Wildman–Crippen LogP) is 1.59. The highest BCUT2D eigenvalue weighted by molar-refractivity contribution is 4.71. The van der Waals surface area contributed by atoms with E-state index >= 15 is 0 Å². The number of hydrazine groups is 1. The van der Waals surface area contributed by atoms with Gasteiger partial charge in [-0.2, -0.15) is 0 Å². The fourth-order valence-corrected chi connectivity index (χ4v) is 2.12. The summed E-state index contributed by atoms with van der Waals surface area (Å²) in [4.78, 5) is 0. The van der Waals surface area contributed by atoms with Gasteiger partial charge in [0.15, 0.2) is 0 Å². The summed E-state index contributed by atoms with van der Waals surface area (Å²) >= 11 is 0. The van der Waals surface area contributed by atoms with E-state index in [9.17, 15) is 0 Å². The van der Waals surface area contributed by atoms with Gasteiger partial charge in [0.05, 0.1) is 12.2 Å². The maximum Gasteiger partial charge on any atom is 0.0576 e. The van der Waals surface area contributed by atoms with Crippen LogP contribution in [-0.4, -0.2) is 32.0 Å². The molecule has 0 aromatic carbocycles. The average Bonchev–Trinajstić information content (AvgIpc) is 2.81. The maximum absolute atomic E-state index is 5.60. The summed E-state index contributed by atoms with van der Waals surface area (Å²) in [5.41, 5.74) is 2.89. The van der Waals surface area contributed by atoms with E-state index in [1.54, 1.807) is 7.11 Å². The summed E-state index contributed by atoms with van der Waals surface area (Å²) in [6.45, 7) is 3.03. The SMILES string of the molecule is COC(C)CCC(CCC1CCCO1)NN. The number of rotatable bonds is 8. The fraction of sp³-hybridized carbons (Fsp3) is 1.00. The molecule has 0 aliphatic carbocycles. The molecule has 1 heterocycles. The molecule has 0 saturated carbocycles. The van der Waals surface area contributed by atoms with Crippen molar-refractivity contribution in [3.8, 4) is 0 Å². The third kappa shape index (κ3) is 5.25. The summed E-state index contributed by atoms with van der Waals surface area (Å²) in [5, 5.41) is 0. The van der Waals surface area contributed by atoms with Crippen LogP contribution in [0.5, 0.6) is 0 Å². The Kier molecular flexibility index (Phi) is 6.96. The molecule has 0 spiro atoms. The normalized spacial score (nSPS) is 24.6. The number of methoxy groups -OCH3 is 1. The monoisotopic (exact) mass is 230 g/mol. The molecule has 4 heteroatoms. The van der Waals surface area contributed by atoms with Crippen molar-refractivity contribution >= 4 is 0 Å². The molecule has 0 aromatic heterocycles. The molecule has 0 aromatic rings. The average molecular weight is 230 g/mol. The van der Waals surface area contributed by atoms with Gasteiger partial charge in [-0.1, -0.05) is 0 Å². The van der Waals surface area contributed by atoms with Crippen LogP contribution in [0.4, 0.5) is 0 Å². The Balaban J connectivity index is 2.10. The first-order valence-corrected chi connectivity index (χ1v) is 6.36. The zero-order chi connectivity index (χ0) is 11.8. The molecule has 1 saturated heterocycles. The molecule has 1 fully saturated rings. The Hall–Kier alpha value is -0.160. The van der Waals surface area contributed by atoms with Gasteiger partial charge in [-0.3, -0.25) is 11.3 Å². The lowest BCUT2D eigenvalue weighted by molar-refractivity contribution is 0.0935. The molecule has 3 unspecified atom stereocenters. The molecule has 1 aliphatic rings. The van der Waals surface area contributed by atoms with Gasteiger partial charge in [-0.05, 0) is 45.4 Å². The van der Waals surface area contributed by atoms with Crippen molar-refractivity contribution < 1.29 is 9.47 Å². The molecule has 0 radical (unpaired) electrons. The Morgan fingerprint density at radius 2 is 2.25 bits per heavy atom. The third-order valence-corrected chi connectivity index (χ3v) is 3.42. The zero-order valence-electron chi connectivity index (χ0n) is 10.6. The fourth-order valence-electron chi connectivity index (χ4n) is 2.12. The lowest BCUT2D eigenvalue weighted by Gasteiger charge is -2.19. The molecule has 3 atom stereocenters. The van der Waals surface area contributed by atoms with Crippen LogP contribution in [0.15, 0.2) is 0 Å². The van der Waals surface area contributed by atoms with Crippen LogP contribution in [0.1, 0.15) is 45.4 Å². The summed E-state index contributed by atoms with van der Waals surface area (Å²) < 4.78 is 10.8. The minimum atomic E-state index is 0.318. The highest BCUT2D eigenvalue weighted by atomic mass is 16.5. The summed E-state index contributed by atoms with van der Waals surface area (Å²) in [6, 6.07) is 0.391. The standard InChI is InChI=1S/C12H26N2O2/c1-10(15-2)5-6-11(14-13)7-8-12-4-3-9-16-12/h10-12,14H,3-9,13H2,1-2H3. The van der Waals surface area contributed by atoms with Gasteiger partial charge in [0.25, 0.3) is 0 Å². The highest BCUT2D eigenvalue weighted by Gasteiger charge is 2.17. The Bertz CT molecular complexity index is 172. The molecular weight excluding hydrogens is 204 g/mol. The van der Waals surface area contributed by atoms with Crippen LogP contribution in [-0.2, 0) is 9.47 Å². The van der Waals surface area contributed by atoms with Crippen LogP contribution in [0.25, 0.3) is 0 Å². The quantitative estimate of drug-likeness (QED) is 0.491. The van der Waals surface area contributed by atoms with Crippen LogP contribution < -0.4 is 11.3 Å². The lowest BCUT2D eigenvalue weighted by Crippen LogP contribution is -2.36. The maximum atomic E-state index is 5.60. The molecule has 0 amide bonds. The van der Waals surface area contributed by atoms with E-state index in [-0.39, 0.29) is 0 Å². The smallest absolute Gasteiger partial charge is 0.0576 e. The second-order valence-corrected chi connectivity index (χ2v) is 4.70. The molecule has 16 heavy (non-hydrogen) atoms. The van der Waals surface area contributed by atoms with Gasteiger partial charge in [0, 0.05) is 19.8 Å². The predicted molar refractivity (Wildman–Crippen MR) is 65.0 cm³/mol. The topological polar surface area (TPSA) is 56.5 Å². The van der Waals surface area contributed by atoms with Gasteiger partial charge in [-0.25, -0.2) is 0 Å². The first-order chi connectivity index (χ1) is 7.76. The van der Waals surface area contributed by atoms with Crippen molar-refractivity contribution in [2.45, 2.75) is 63.7 Å². The molecule has 96 valence electrons. The van der Waals surface area contributed by atoms with Crippen molar-refractivity contribution in [2.24, 2.45) is 5.84 Å². The molecule has 0 bridgehead atoms. The minimum absolute atomic E-state index is 0.318. The van der Waals surface area contributed by atoms with Crippen molar-refractivity contribution in [3.63, 3.8) is 0 Å². The van der Waals surface area contributed by atoms with E-state index in [0.29, 0.717) is 18.2 Å². The van der Waals surface area contributed by atoms with E-state index in [1.807, 2.05) is 0 Å². The number of hydrogen-bond acceptors (Lipinski definition) is 4. The number of nitrogens with one attached hydrogen (secondary N) is 1. The van der Waals surface area contributed by atoms with Crippen LogP contribution >= 0.6 is 0 Å². The molecule has 1 aliphatic heterocycles. The van der Waals surface area contributed by atoms with Gasteiger partial charge >= 0.3 is 0 Å². The number of hydrogen-bond donors (Lipinski definition) is 2. The largest absolute Gasteiger partial charge is 0.382 e. The van der Waals surface area contributed by atoms with E-state index in [2.05, 4.69) is 12.3 Å². The van der Waals surface area contributed by atoms with Crippen molar-refractivity contribution in [1.29, 1.82) is 0 Å². The summed E-state index contributed by atoms with van der Waals surface area (Å²) in [5.74, 6) is 5.55. The van der Waals surface area contributed by atoms with Crippen molar-refractivity contribution in [2.75, 3.05) is 13.7 Å². The van der Waals surface area contributed by atoms with Crippen molar-refractivity contribution in [3.05, 3.63) is 0 Å². The highest BCUT2D eigenvalue weighted by Crippen LogP contribution is 2.19. The second-order valence-electron chi connectivity index (χ2n) is 4.70. The number of ether oxygens (including phenoxy) is 2. The lowest BCUT2D eigenvalue weighted by atomic mass is 10.0. The first kappa shape index (κ1) is 13.9. The zero-order valence-corrected chi connectivity index (χ0v) is 10.6. The minimum Gasteiger partial charge on any atom is -0.382 e. The second kappa shape index (κ2) is 8.01. The van der Waals surface area contributed by atoms with E-state index in [4.69, 9.17) is 15.3 Å². The van der Waals surface area contributed by atoms with Crippen molar-refractivity contribution in [1.82, 2.24) is 5.43 Å². The molecule has 4 nitrogen and oxygen atoms in total. The van der Waals surface area contributed by atoms with Crippen LogP contribution in [0, 0.1) is 0 Å². The van der Waals surface area contributed by atoms with Crippen LogP contribution in [0.2, 0.25) is 0 Å². The van der Waals surface area contributed by atoms with Gasteiger partial charge in [-0.15, -0.1) is 0 Å². The number of nitrogens with two attached hydrogens (primary N) is 1. The van der Waals surface area contributed by atoms with Crippen LogP contribution in [0.3, 0.4) is 0 Å².